The summed E-state index contributed by atoms with van der Waals surface area (Å²) in [5.41, 5.74) is 2.20. The third-order valence-electron chi connectivity index (χ3n) is 3.19. The molecule has 21 heavy (non-hydrogen) atoms. The van der Waals surface area contributed by atoms with Gasteiger partial charge in [0.05, 0.1) is 6.04 Å². The van der Waals surface area contributed by atoms with E-state index in [9.17, 15) is 10.1 Å². The van der Waals surface area contributed by atoms with Gasteiger partial charge < -0.3 is 5.32 Å². The average molecular weight is 296 g/mol. The number of amides is 1. The van der Waals surface area contributed by atoms with Crippen LogP contribution in [0.3, 0.4) is 0 Å². The van der Waals surface area contributed by atoms with E-state index in [4.69, 9.17) is 0 Å². The minimum absolute atomic E-state index is 0.128. The van der Waals surface area contributed by atoms with Gasteiger partial charge in [0.15, 0.2) is 0 Å². The fourth-order valence-electron chi connectivity index (χ4n) is 1.91. The molecular weight excluding hydrogens is 280 g/mol. The van der Waals surface area contributed by atoms with Crippen molar-refractivity contribution in [2.24, 2.45) is 0 Å². The Morgan fingerprint density at radius 3 is 2.62 bits per heavy atom. The van der Waals surface area contributed by atoms with Crippen LogP contribution in [0, 0.1) is 18.3 Å². The van der Waals surface area contributed by atoms with E-state index in [1.165, 1.54) is 11.3 Å². The highest BCUT2D eigenvalue weighted by Crippen LogP contribution is 2.19. The molecule has 2 rings (SSSR count). The van der Waals surface area contributed by atoms with Crippen molar-refractivity contribution >= 4 is 23.3 Å². The van der Waals surface area contributed by atoms with Crippen LogP contribution < -0.4 is 5.32 Å². The predicted octanol–water partition coefficient (Wildman–Crippen LogP) is 3.84. The second-order valence-electron chi connectivity index (χ2n) is 4.74. The fraction of sp³-hybridized carbons (Fsp3) is 0.176. The molecule has 0 bridgehead atoms. The minimum Gasteiger partial charge on any atom is -0.345 e. The Hall–Kier alpha value is -2.38. The average Bonchev–Trinajstić information content (AvgIpc) is 2.90. The van der Waals surface area contributed by atoms with E-state index in [0.29, 0.717) is 0 Å². The van der Waals surface area contributed by atoms with Gasteiger partial charge in [0.25, 0.3) is 5.91 Å². The largest absolute Gasteiger partial charge is 0.345 e. The Labute approximate surface area is 128 Å². The van der Waals surface area contributed by atoms with E-state index in [2.05, 4.69) is 5.32 Å². The molecule has 3 nitrogen and oxygen atoms in total. The monoisotopic (exact) mass is 296 g/mol. The Morgan fingerprint density at radius 2 is 2.05 bits per heavy atom. The summed E-state index contributed by atoms with van der Waals surface area (Å²) in [5.74, 6) is -0.346. The summed E-state index contributed by atoms with van der Waals surface area (Å²) in [5, 5.41) is 14.0. The highest BCUT2D eigenvalue weighted by Gasteiger charge is 2.14. The lowest BCUT2D eigenvalue weighted by Crippen LogP contribution is -2.27. The van der Waals surface area contributed by atoms with E-state index >= 15 is 0 Å². The van der Waals surface area contributed by atoms with E-state index in [0.717, 1.165) is 16.0 Å². The van der Waals surface area contributed by atoms with Crippen LogP contribution in [0.2, 0.25) is 0 Å². The zero-order chi connectivity index (χ0) is 15.2. The van der Waals surface area contributed by atoms with Crippen LogP contribution in [0.25, 0.3) is 6.08 Å². The molecule has 1 N–H and O–H groups in total. The molecule has 0 fully saturated rings. The van der Waals surface area contributed by atoms with E-state index in [-0.39, 0.29) is 17.5 Å². The first-order valence-corrected chi connectivity index (χ1v) is 7.51. The summed E-state index contributed by atoms with van der Waals surface area (Å²) in [4.78, 5) is 13.1. The molecule has 106 valence electrons. The lowest BCUT2D eigenvalue weighted by atomic mass is 10.1. The van der Waals surface area contributed by atoms with Crippen molar-refractivity contribution in [1.29, 1.82) is 5.26 Å². The van der Waals surface area contributed by atoms with Gasteiger partial charge in [-0.2, -0.15) is 5.26 Å². The molecule has 1 atom stereocenters. The number of carbonyl (C=O) groups is 1. The van der Waals surface area contributed by atoms with Gasteiger partial charge in [-0.1, -0.05) is 30.3 Å². The minimum atomic E-state index is -0.346. The van der Waals surface area contributed by atoms with Gasteiger partial charge in [-0.3, -0.25) is 4.79 Å². The molecule has 0 spiro atoms. The van der Waals surface area contributed by atoms with E-state index in [1.54, 1.807) is 6.08 Å². The summed E-state index contributed by atoms with van der Waals surface area (Å²) in [6, 6.07) is 13.5. The van der Waals surface area contributed by atoms with Crippen LogP contribution in [0.15, 0.2) is 47.4 Å². The van der Waals surface area contributed by atoms with Crippen LogP contribution in [-0.2, 0) is 4.79 Å². The zero-order valence-electron chi connectivity index (χ0n) is 12.0. The summed E-state index contributed by atoms with van der Waals surface area (Å²) in [7, 11) is 0. The first kappa shape index (κ1) is 15.0. The first-order chi connectivity index (χ1) is 10.1. The fourth-order valence-corrected chi connectivity index (χ4v) is 2.77. The molecule has 1 amide bonds. The summed E-state index contributed by atoms with van der Waals surface area (Å²) in [6.07, 6.45) is 1.65. The Balaban J connectivity index is 2.13. The maximum Gasteiger partial charge on any atom is 0.262 e. The quantitative estimate of drug-likeness (QED) is 0.688. The molecule has 4 heteroatoms. The van der Waals surface area contributed by atoms with Crippen LogP contribution in [-0.4, -0.2) is 5.91 Å². The highest BCUT2D eigenvalue weighted by molar-refractivity contribution is 7.11. The molecule has 1 aromatic carbocycles. The number of benzene rings is 1. The van der Waals surface area contributed by atoms with Crippen LogP contribution in [0.4, 0.5) is 0 Å². The third-order valence-corrected chi connectivity index (χ3v) is 4.16. The smallest absolute Gasteiger partial charge is 0.262 e. The molecule has 1 aromatic heterocycles. The van der Waals surface area contributed by atoms with Gasteiger partial charge in [-0.05, 0) is 42.5 Å². The number of hydrogen-bond acceptors (Lipinski definition) is 3. The topological polar surface area (TPSA) is 52.9 Å². The Kier molecular flexibility index (Phi) is 4.91. The van der Waals surface area contributed by atoms with Crippen LogP contribution in [0.1, 0.15) is 29.0 Å². The standard InChI is InChI=1S/C17H16N2OS/c1-12-8-9-21-16(12)10-15(11-18)17(20)19-13(2)14-6-4-3-5-7-14/h3-10,13H,1-2H3,(H,19,20)/b15-10+. The first-order valence-electron chi connectivity index (χ1n) is 6.63. The maximum atomic E-state index is 12.2. The van der Waals surface area contributed by atoms with Crippen molar-refractivity contribution < 1.29 is 4.79 Å². The number of rotatable bonds is 4. The molecule has 0 saturated heterocycles. The molecule has 1 unspecified atom stereocenters. The molecule has 0 radical (unpaired) electrons. The van der Waals surface area contributed by atoms with Gasteiger partial charge in [-0.15, -0.1) is 11.3 Å². The second kappa shape index (κ2) is 6.87. The lowest BCUT2D eigenvalue weighted by Gasteiger charge is -2.13. The van der Waals surface area contributed by atoms with E-state index < -0.39 is 0 Å². The van der Waals surface area contributed by atoms with Gasteiger partial charge in [0.1, 0.15) is 11.6 Å². The van der Waals surface area contributed by atoms with Crippen molar-refractivity contribution in [2.45, 2.75) is 19.9 Å². The Morgan fingerprint density at radius 1 is 1.33 bits per heavy atom. The van der Waals surface area contributed by atoms with Gasteiger partial charge in [0.2, 0.25) is 0 Å². The normalized spacial score (nSPS) is 12.5. The predicted molar refractivity (Wildman–Crippen MR) is 85.6 cm³/mol. The maximum absolute atomic E-state index is 12.2. The van der Waals surface area contributed by atoms with E-state index in [1.807, 2.05) is 61.7 Å². The van der Waals surface area contributed by atoms with Crippen LogP contribution in [0.5, 0.6) is 0 Å². The molecule has 1 heterocycles. The molecular formula is C17H16N2OS. The number of carbonyl (C=O) groups excluding carboxylic acids is 1. The number of aryl methyl sites for hydroxylation is 1. The number of thiophene rings is 1. The van der Waals surface area contributed by atoms with Gasteiger partial charge in [-0.25, -0.2) is 0 Å². The van der Waals surface area contributed by atoms with Crippen molar-refractivity contribution in [3.63, 3.8) is 0 Å². The SMILES string of the molecule is Cc1ccsc1/C=C(\C#N)C(=O)NC(C)c1ccccc1. The van der Waals surface area contributed by atoms with Crippen molar-refractivity contribution in [1.82, 2.24) is 5.32 Å². The second-order valence-corrected chi connectivity index (χ2v) is 5.69. The van der Waals surface area contributed by atoms with Crippen molar-refractivity contribution in [3.8, 4) is 6.07 Å². The molecule has 0 aliphatic heterocycles. The summed E-state index contributed by atoms with van der Waals surface area (Å²) >= 11 is 1.52. The highest BCUT2D eigenvalue weighted by atomic mass is 32.1. The Bertz CT molecular complexity index is 695. The van der Waals surface area contributed by atoms with Gasteiger partial charge in [0, 0.05) is 4.88 Å². The van der Waals surface area contributed by atoms with Crippen molar-refractivity contribution in [3.05, 3.63) is 63.4 Å². The number of nitriles is 1. The number of nitrogens with one attached hydrogen (secondary N) is 1. The van der Waals surface area contributed by atoms with Crippen LogP contribution >= 0.6 is 11.3 Å². The molecule has 0 aliphatic rings. The van der Waals surface area contributed by atoms with Gasteiger partial charge >= 0.3 is 0 Å². The molecule has 0 aliphatic carbocycles. The number of hydrogen-bond donors (Lipinski definition) is 1. The third kappa shape index (κ3) is 3.80. The molecule has 2 aromatic rings. The van der Waals surface area contributed by atoms with Crippen molar-refractivity contribution in [2.75, 3.05) is 0 Å². The summed E-state index contributed by atoms with van der Waals surface area (Å²) < 4.78 is 0. The number of nitrogens with zero attached hydrogens (tertiary/aromatic N) is 1. The zero-order valence-corrected chi connectivity index (χ0v) is 12.8. The summed E-state index contributed by atoms with van der Waals surface area (Å²) in [6.45, 7) is 3.86. The molecule has 0 saturated carbocycles. The lowest BCUT2D eigenvalue weighted by molar-refractivity contribution is -0.117.